The Kier molecular flexibility index (Phi) is 6.21. The number of non-ortho nitro benzene ring substituents is 1. The lowest BCUT2D eigenvalue weighted by Crippen LogP contribution is -2.31. The molecule has 2 aromatic heterocycles. The summed E-state index contributed by atoms with van der Waals surface area (Å²) in [5, 5.41) is 39.8. The molecule has 0 aliphatic carbocycles. The van der Waals surface area contributed by atoms with E-state index in [1.807, 2.05) is 0 Å². The van der Waals surface area contributed by atoms with Crippen LogP contribution in [0.4, 0.5) is 11.5 Å². The standard InChI is InChI=1S/C18H20N10O5/c19-16-17(24-33-23-16)27-13(10-26-6-2-1-3-7-26)15(21-25-27)18(30)22-20-9-11-8-12(28(31)32)4-5-14(11)29/h4-5,8-9,29H,1-3,6-7,10H2,(H2,19,23)(H,22,30)/b20-9-. The van der Waals surface area contributed by atoms with Crippen LogP contribution in [-0.2, 0) is 6.54 Å². The predicted octanol–water partition coefficient (Wildman–Crippen LogP) is 0.596. The van der Waals surface area contributed by atoms with Crippen LogP contribution in [0.25, 0.3) is 5.82 Å². The number of hydrogen-bond donors (Lipinski definition) is 3. The fraction of sp³-hybridized carbons (Fsp3) is 0.333. The SMILES string of the molecule is Nc1nonc1-n1nnc(C(=O)N/N=C\c2cc([N+](=O)[O-])ccc2O)c1CN1CCCCC1. The zero-order chi connectivity index (χ0) is 23.4. The van der Waals surface area contributed by atoms with E-state index in [-0.39, 0.29) is 34.3 Å². The number of phenols is 1. The molecule has 0 atom stereocenters. The van der Waals surface area contributed by atoms with E-state index in [0.29, 0.717) is 12.2 Å². The number of nitrogens with one attached hydrogen (secondary N) is 1. The average molecular weight is 456 g/mol. The number of hydrazone groups is 1. The molecule has 1 amide bonds. The number of amides is 1. The third kappa shape index (κ3) is 4.77. The van der Waals surface area contributed by atoms with E-state index in [4.69, 9.17) is 5.73 Å². The molecule has 4 N–H and O–H groups in total. The number of carbonyl (C=O) groups is 1. The van der Waals surface area contributed by atoms with Crippen LogP contribution in [0, 0.1) is 10.1 Å². The van der Waals surface area contributed by atoms with Crippen molar-refractivity contribution in [2.24, 2.45) is 5.10 Å². The van der Waals surface area contributed by atoms with Crippen molar-refractivity contribution in [1.29, 1.82) is 0 Å². The van der Waals surface area contributed by atoms with Crippen molar-refractivity contribution >= 4 is 23.6 Å². The summed E-state index contributed by atoms with van der Waals surface area (Å²) in [6.45, 7) is 2.06. The zero-order valence-corrected chi connectivity index (χ0v) is 17.3. The normalized spacial score (nSPS) is 14.5. The quantitative estimate of drug-likeness (QED) is 0.255. The molecule has 0 unspecified atom stereocenters. The molecule has 0 bridgehead atoms. The molecule has 3 aromatic rings. The minimum atomic E-state index is -0.676. The van der Waals surface area contributed by atoms with E-state index >= 15 is 0 Å². The van der Waals surface area contributed by atoms with Gasteiger partial charge in [-0.2, -0.15) is 9.78 Å². The Morgan fingerprint density at radius 1 is 1.33 bits per heavy atom. The first kappa shape index (κ1) is 21.8. The first-order valence-electron chi connectivity index (χ1n) is 10.00. The number of hydrogen-bond acceptors (Lipinski definition) is 12. The number of nitro benzene ring substituents is 1. The van der Waals surface area contributed by atoms with Crippen LogP contribution in [0.5, 0.6) is 5.75 Å². The molecule has 1 saturated heterocycles. The maximum atomic E-state index is 12.8. The van der Waals surface area contributed by atoms with E-state index in [2.05, 4.69) is 40.7 Å². The molecule has 0 saturated carbocycles. The summed E-state index contributed by atoms with van der Waals surface area (Å²) in [4.78, 5) is 25.3. The Labute approximate surface area is 186 Å². The molecule has 172 valence electrons. The minimum Gasteiger partial charge on any atom is -0.507 e. The third-order valence-corrected chi connectivity index (χ3v) is 5.09. The Hall–Kier alpha value is -4.40. The second-order valence-corrected chi connectivity index (χ2v) is 7.31. The number of carbonyl (C=O) groups excluding carboxylic acids is 1. The second kappa shape index (κ2) is 9.39. The van der Waals surface area contributed by atoms with E-state index < -0.39 is 10.8 Å². The lowest BCUT2D eigenvalue weighted by Gasteiger charge is -2.26. The van der Waals surface area contributed by atoms with Crippen LogP contribution >= 0.6 is 0 Å². The van der Waals surface area contributed by atoms with Crippen LogP contribution in [0.15, 0.2) is 27.9 Å². The molecule has 1 fully saturated rings. The molecule has 1 aromatic carbocycles. The van der Waals surface area contributed by atoms with Crippen LogP contribution in [0.1, 0.15) is 41.0 Å². The number of nitrogens with two attached hydrogens (primary N) is 1. The number of aromatic nitrogens is 5. The van der Waals surface area contributed by atoms with E-state index in [9.17, 15) is 20.0 Å². The smallest absolute Gasteiger partial charge is 0.293 e. The highest BCUT2D eigenvalue weighted by molar-refractivity contribution is 5.94. The van der Waals surface area contributed by atoms with Gasteiger partial charge in [-0.05, 0) is 42.3 Å². The highest BCUT2D eigenvalue weighted by Gasteiger charge is 2.26. The van der Waals surface area contributed by atoms with Crippen molar-refractivity contribution in [3.05, 3.63) is 45.3 Å². The first-order valence-corrected chi connectivity index (χ1v) is 10.00. The Morgan fingerprint density at radius 2 is 2.12 bits per heavy atom. The summed E-state index contributed by atoms with van der Waals surface area (Å²) in [5.41, 5.74) is 8.32. The van der Waals surface area contributed by atoms with Crippen molar-refractivity contribution < 1.29 is 19.5 Å². The van der Waals surface area contributed by atoms with Crippen LogP contribution in [-0.4, -0.2) is 65.4 Å². The van der Waals surface area contributed by atoms with Gasteiger partial charge in [-0.25, -0.2) is 10.1 Å². The molecule has 1 aliphatic rings. The van der Waals surface area contributed by atoms with Crippen molar-refractivity contribution in [2.45, 2.75) is 25.8 Å². The van der Waals surface area contributed by atoms with Crippen molar-refractivity contribution in [2.75, 3.05) is 18.8 Å². The number of anilines is 1. The maximum absolute atomic E-state index is 12.8. The summed E-state index contributed by atoms with van der Waals surface area (Å²) in [7, 11) is 0. The first-order chi connectivity index (χ1) is 15.9. The molecule has 4 rings (SSSR count). The minimum absolute atomic E-state index is 0.00841. The van der Waals surface area contributed by atoms with Gasteiger partial charge in [0.05, 0.1) is 16.8 Å². The lowest BCUT2D eigenvalue weighted by atomic mass is 10.1. The van der Waals surface area contributed by atoms with Gasteiger partial charge < -0.3 is 10.8 Å². The molecule has 33 heavy (non-hydrogen) atoms. The van der Waals surface area contributed by atoms with Crippen LogP contribution < -0.4 is 11.2 Å². The summed E-state index contributed by atoms with van der Waals surface area (Å²) in [6, 6.07) is 3.45. The molecule has 0 spiro atoms. The van der Waals surface area contributed by atoms with Gasteiger partial charge in [-0.15, -0.1) is 5.10 Å². The highest BCUT2D eigenvalue weighted by atomic mass is 16.6. The molecule has 15 heteroatoms. The summed E-state index contributed by atoms with van der Waals surface area (Å²) in [6.07, 6.45) is 4.30. The van der Waals surface area contributed by atoms with Gasteiger partial charge in [0.2, 0.25) is 11.6 Å². The van der Waals surface area contributed by atoms with Gasteiger partial charge in [0, 0.05) is 24.2 Å². The van der Waals surface area contributed by atoms with E-state index in [1.54, 1.807) is 0 Å². The lowest BCUT2D eigenvalue weighted by molar-refractivity contribution is -0.384. The maximum Gasteiger partial charge on any atom is 0.293 e. The monoisotopic (exact) mass is 456 g/mol. The van der Waals surface area contributed by atoms with Gasteiger partial charge in [-0.1, -0.05) is 11.6 Å². The van der Waals surface area contributed by atoms with E-state index in [1.165, 1.54) is 10.7 Å². The summed E-state index contributed by atoms with van der Waals surface area (Å²) in [5.74, 6) is -0.807. The van der Waals surface area contributed by atoms with E-state index in [0.717, 1.165) is 50.7 Å². The second-order valence-electron chi connectivity index (χ2n) is 7.31. The van der Waals surface area contributed by atoms with Gasteiger partial charge in [-0.3, -0.25) is 19.8 Å². The predicted molar refractivity (Wildman–Crippen MR) is 113 cm³/mol. The van der Waals surface area contributed by atoms with Crippen LogP contribution in [0.3, 0.4) is 0 Å². The number of nitro groups is 1. The van der Waals surface area contributed by atoms with Gasteiger partial charge in [0.25, 0.3) is 11.6 Å². The Morgan fingerprint density at radius 3 is 2.82 bits per heavy atom. The molecule has 0 radical (unpaired) electrons. The molecule has 3 heterocycles. The van der Waals surface area contributed by atoms with Gasteiger partial charge in [0.1, 0.15) is 5.75 Å². The molecule has 15 nitrogen and oxygen atoms in total. The number of rotatable bonds is 7. The fourth-order valence-electron chi connectivity index (χ4n) is 3.43. The largest absolute Gasteiger partial charge is 0.507 e. The van der Waals surface area contributed by atoms with Crippen molar-refractivity contribution in [3.8, 4) is 11.6 Å². The topological polar surface area (TPSA) is 204 Å². The Balaban J connectivity index is 1.57. The molecule has 1 aliphatic heterocycles. The van der Waals surface area contributed by atoms with Crippen molar-refractivity contribution in [1.82, 2.24) is 35.6 Å². The Bertz CT molecular complexity index is 1200. The van der Waals surface area contributed by atoms with Crippen molar-refractivity contribution in [3.63, 3.8) is 0 Å². The summed E-state index contributed by atoms with van der Waals surface area (Å²) >= 11 is 0. The number of aromatic hydroxyl groups is 1. The number of nitrogens with zero attached hydrogens (tertiary/aromatic N) is 8. The van der Waals surface area contributed by atoms with Gasteiger partial charge >= 0.3 is 0 Å². The third-order valence-electron chi connectivity index (χ3n) is 5.09. The summed E-state index contributed by atoms with van der Waals surface area (Å²) < 4.78 is 5.94. The highest BCUT2D eigenvalue weighted by Crippen LogP contribution is 2.22. The number of benzene rings is 1. The fourth-order valence-corrected chi connectivity index (χ4v) is 3.43. The number of likely N-dealkylation sites (tertiary alicyclic amines) is 1. The van der Waals surface area contributed by atoms with Crippen LogP contribution in [0.2, 0.25) is 0 Å². The number of nitrogen functional groups attached to an aromatic ring is 1. The zero-order valence-electron chi connectivity index (χ0n) is 17.3. The molecular formula is C18H20N10O5. The van der Waals surface area contributed by atoms with Gasteiger partial charge in [0.15, 0.2) is 5.69 Å². The number of piperidine rings is 1. The average Bonchev–Trinajstić information content (AvgIpc) is 3.41. The number of phenolic OH excluding ortho intramolecular Hbond substituents is 1. The molecular weight excluding hydrogens is 436 g/mol.